The van der Waals surface area contributed by atoms with Crippen LogP contribution in [-0.2, 0) is 9.53 Å². The zero-order chi connectivity index (χ0) is 13.9. The highest BCUT2D eigenvalue weighted by molar-refractivity contribution is 5.86. The van der Waals surface area contributed by atoms with Crippen LogP contribution in [0.15, 0.2) is 0 Å². The van der Waals surface area contributed by atoms with Gasteiger partial charge in [0.2, 0.25) is 5.91 Å². The Bertz CT molecular complexity index is 321. The van der Waals surface area contributed by atoms with E-state index in [2.05, 4.69) is 0 Å². The number of ether oxygens (including phenoxy) is 1. The third-order valence-electron chi connectivity index (χ3n) is 4.47. The number of hydrogen-bond acceptors (Lipinski definition) is 4. The average molecular weight is 270 g/mol. The maximum absolute atomic E-state index is 12.5. The molecule has 0 atom stereocenters. The first kappa shape index (κ1) is 14.8. The molecule has 1 aliphatic heterocycles. The van der Waals surface area contributed by atoms with E-state index < -0.39 is 11.1 Å². The molecule has 1 saturated heterocycles. The molecule has 1 saturated carbocycles. The Labute approximate surface area is 115 Å². The van der Waals surface area contributed by atoms with Crippen LogP contribution >= 0.6 is 0 Å². The van der Waals surface area contributed by atoms with Crippen LogP contribution in [0, 0.1) is 0 Å². The number of nitrogens with zero attached hydrogens (tertiary/aromatic N) is 1. The fraction of sp³-hybridized carbons (Fsp3) is 0.929. The fourth-order valence-electron chi connectivity index (χ4n) is 3.20. The summed E-state index contributed by atoms with van der Waals surface area (Å²) in [7, 11) is 1.75. The SMILES string of the molecule is CN(CC1(O)CCOCC1)C(=O)C1(N)CCCCC1. The van der Waals surface area contributed by atoms with Crippen LogP contribution in [0.3, 0.4) is 0 Å². The first-order valence-electron chi connectivity index (χ1n) is 7.30. The topological polar surface area (TPSA) is 75.8 Å². The molecule has 3 N–H and O–H groups in total. The molecule has 0 radical (unpaired) electrons. The number of hydrogen-bond donors (Lipinski definition) is 2. The van der Waals surface area contributed by atoms with Gasteiger partial charge in [0, 0.05) is 39.6 Å². The summed E-state index contributed by atoms with van der Waals surface area (Å²) in [6, 6.07) is 0. The molecule has 2 aliphatic rings. The van der Waals surface area contributed by atoms with Crippen molar-refractivity contribution in [1.82, 2.24) is 4.90 Å². The number of rotatable bonds is 3. The van der Waals surface area contributed by atoms with Gasteiger partial charge in [-0.05, 0) is 12.8 Å². The minimum absolute atomic E-state index is 0.0212. The van der Waals surface area contributed by atoms with E-state index in [9.17, 15) is 9.90 Å². The smallest absolute Gasteiger partial charge is 0.242 e. The summed E-state index contributed by atoms with van der Waals surface area (Å²) in [5.74, 6) is -0.0212. The van der Waals surface area contributed by atoms with Crippen LogP contribution < -0.4 is 5.73 Å². The Kier molecular flexibility index (Phi) is 4.48. The number of carbonyl (C=O) groups excluding carboxylic acids is 1. The molecule has 0 bridgehead atoms. The monoisotopic (exact) mass is 270 g/mol. The standard InChI is InChI=1S/C14H26N2O3/c1-16(11-13(18)7-9-19-10-8-13)12(17)14(15)5-3-2-4-6-14/h18H,2-11,15H2,1H3. The molecule has 5 heteroatoms. The second-order valence-electron chi connectivity index (χ2n) is 6.21. The lowest BCUT2D eigenvalue weighted by Crippen LogP contribution is -2.58. The first-order chi connectivity index (χ1) is 8.95. The van der Waals surface area contributed by atoms with Crippen molar-refractivity contribution in [3.63, 3.8) is 0 Å². The summed E-state index contributed by atoms with van der Waals surface area (Å²) in [5.41, 5.74) is 4.73. The molecule has 0 aromatic heterocycles. The van der Waals surface area contributed by atoms with Gasteiger partial charge in [0.05, 0.1) is 11.1 Å². The molecule has 0 unspecified atom stereocenters. The Balaban J connectivity index is 1.94. The van der Waals surface area contributed by atoms with Crippen molar-refractivity contribution in [3.8, 4) is 0 Å². The van der Waals surface area contributed by atoms with E-state index in [1.807, 2.05) is 0 Å². The zero-order valence-corrected chi connectivity index (χ0v) is 11.9. The highest BCUT2D eigenvalue weighted by Crippen LogP contribution is 2.29. The quantitative estimate of drug-likeness (QED) is 0.789. The largest absolute Gasteiger partial charge is 0.388 e. The van der Waals surface area contributed by atoms with Gasteiger partial charge in [-0.2, -0.15) is 0 Å². The zero-order valence-electron chi connectivity index (χ0n) is 11.9. The van der Waals surface area contributed by atoms with Crippen molar-refractivity contribution >= 4 is 5.91 Å². The number of aliphatic hydroxyl groups is 1. The van der Waals surface area contributed by atoms with Crippen molar-refractivity contribution < 1.29 is 14.6 Å². The number of amides is 1. The summed E-state index contributed by atoms with van der Waals surface area (Å²) in [5, 5.41) is 10.5. The van der Waals surface area contributed by atoms with Gasteiger partial charge in [0.15, 0.2) is 0 Å². The Morgan fingerprint density at radius 2 is 1.79 bits per heavy atom. The van der Waals surface area contributed by atoms with Crippen molar-refractivity contribution in [3.05, 3.63) is 0 Å². The van der Waals surface area contributed by atoms with Crippen molar-refractivity contribution in [1.29, 1.82) is 0 Å². The van der Waals surface area contributed by atoms with Gasteiger partial charge in [-0.15, -0.1) is 0 Å². The van der Waals surface area contributed by atoms with Crippen LogP contribution in [0.2, 0.25) is 0 Å². The Morgan fingerprint density at radius 1 is 1.21 bits per heavy atom. The molecule has 0 aromatic rings. The molecule has 2 rings (SSSR count). The van der Waals surface area contributed by atoms with Gasteiger partial charge in [-0.3, -0.25) is 4.79 Å². The maximum atomic E-state index is 12.5. The molecule has 2 fully saturated rings. The fourth-order valence-corrected chi connectivity index (χ4v) is 3.20. The summed E-state index contributed by atoms with van der Waals surface area (Å²) in [4.78, 5) is 14.1. The summed E-state index contributed by atoms with van der Waals surface area (Å²) in [6.07, 6.45) is 5.90. The van der Waals surface area contributed by atoms with Crippen LogP contribution in [-0.4, -0.2) is 53.9 Å². The van der Waals surface area contributed by atoms with Crippen LogP contribution in [0.4, 0.5) is 0 Å². The van der Waals surface area contributed by atoms with Gasteiger partial charge in [-0.1, -0.05) is 19.3 Å². The van der Waals surface area contributed by atoms with E-state index in [1.54, 1.807) is 11.9 Å². The number of carbonyl (C=O) groups is 1. The average Bonchev–Trinajstić information content (AvgIpc) is 2.39. The second kappa shape index (κ2) is 5.77. The minimum atomic E-state index is -0.812. The van der Waals surface area contributed by atoms with E-state index in [0.717, 1.165) is 32.1 Å². The normalized spacial score (nSPS) is 25.8. The van der Waals surface area contributed by atoms with E-state index >= 15 is 0 Å². The highest BCUT2D eigenvalue weighted by Gasteiger charge is 2.40. The van der Waals surface area contributed by atoms with Gasteiger partial charge in [0.1, 0.15) is 0 Å². The van der Waals surface area contributed by atoms with E-state index in [4.69, 9.17) is 10.5 Å². The minimum Gasteiger partial charge on any atom is -0.388 e. The lowest BCUT2D eigenvalue weighted by molar-refractivity contribution is -0.143. The number of nitrogens with two attached hydrogens (primary N) is 1. The molecular weight excluding hydrogens is 244 g/mol. The predicted molar refractivity (Wildman–Crippen MR) is 72.6 cm³/mol. The van der Waals surface area contributed by atoms with Crippen LogP contribution in [0.25, 0.3) is 0 Å². The van der Waals surface area contributed by atoms with Crippen molar-refractivity contribution in [2.45, 2.75) is 56.1 Å². The molecule has 0 spiro atoms. The maximum Gasteiger partial charge on any atom is 0.242 e. The summed E-state index contributed by atoms with van der Waals surface area (Å²) < 4.78 is 5.25. The van der Waals surface area contributed by atoms with E-state index in [-0.39, 0.29) is 5.91 Å². The summed E-state index contributed by atoms with van der Waals surface area (Å²) in [6.45, 7) is 1.48. The van der Waals surface area contributed by atoms with Gasteiger partial charge in [-0.25, -0.2) is 0 Å². The Hall–Kier alpha value is -0.650. The van der Waals surface area contributed by atoms with Crippen LogP contribution in [0.1, 0.15) is 44.9 Å². The van der Waals surface area contributed by atoms with Crippen molar-refractivity contribution in [2.75, 3.05) is 26.8 Å². The molecule has 1 aliphatic carbocycles. The van der Waals surface area contributed by atoms with Gasteiger partial charge < -0.3 is 20.5 Å². The molecule has 0 aromatic carbocycles. The molecule has 5 nitrogen and oxygen atoms in total. The Morgan fingerprint density at radius 3 is 2.37 bits per heavy atom. The van der Waals surface area contributed by atoms with Gasteiger partial charge >= 0.3 is 0 Å². The third-order valence-corrected chi connectivity index (χ3v) is 4.47. The lowest BCUT2D eigenvalue weighted by atomic mass is 9.81. The van der Waals surface area contributed by atoms with Crippen molar-refractivity contribution in [2.24, 2.45) is 5.73 Å². The molecule has 1 amide bonds. The highest BCUT2D eigenvalue weighted by atomic mass is 16.5. The van der Waals surface area contributed by atoms with Crippen LogP contribution in [0.5, 0.6) is 0 Å². The molecule has 19 heavy (non-hydrogen) atoms. The predicted octanol–water partition coefficient (Wildman–Crippen LogP) is 0.648. The van der Waals surface area contributed by atoms with E-state index in [0.29, 0.717) is 32.6 Å². The second-order valence-corrected chi connectivity index (χ2v) is 6.21. The third kappa shape index (κ3) is 3.46. The number of likely N-dealkylation sites (N-methyl/N-ethyl adjacent to an activating group) is 1. The first-order valence-corrected chi connectivity index (χ1v) is 7.30. The summed E-state index contributed by atoms with van der Waals surface area (Å²) >= 11 is 0. The molecular formula is C14H26N2O3. The molecule has 110 valence electrons. The molecule has 1 heterocycles. The van der Waals surface area contributed by atoms with E-state index in [1.165, 1.54) is 0 Å². The lowest BCUT2D eigenvalue weighted by Gasteiger charge is -2.40. The van der Waals surface area contributed by atoms with Gasteiger partial charge in [0.25, 0.3) is 0 Å².